The normalized spacial score (nSPS) is 15.7. The fourth-order valence-electron chi connectivity index (χ4n) is 2.02. The van der Waals surface area contributed by atoms with Crippen molar-refractivity contribution >= 4 is 43.8 Å². The van der Waals surface area contributed by atoms with Gasteiger partial charge >= 0.3 is 5.97 Å². The molecule has 18 heavy (non-hydrogen) atoms. The predicted octanol–water partition coefficient (Wildman–Crippen LogP) is 4.33. The highest BCUT2D eigenvalue weighted by Gasteiger charge is 2.20. The van der Waals surface area contributed by atoms with Gasteiger partial charge in [0.1, 0.15) is 10.6 Å². The molecule has 0 bridgehead atoms. The number of nitrogens with one attached hydrogen (secondary N) is 1. The molecule has 1 aliphatic rings. The van der Waals surface area contributed by atoms with E-state index in [0.717, 1.165) is 30.4 Å². The van der Waals surface area contributed by atoms with Crippen molar-refractivity contribution in [3.63, 3.8) is 0 Å². The molecule has 3 nitrogen and oxygen atoms in total. The zero-order valence-electron chi connectivity index (χ0n) is 10.00. The molecule has 1 aromatic rings. The third-order valence-electron chi connectivity index (χ3n) is 2.90. The summed E-state index contributed by atoms with van der Waals surface area (Å²) in [6.45, 7) is 0. The van der Waals surface area contributed by atoms with Crippen LogP contribution in [0.2, 0.25) is 0 Å². The number of allylic oxidation sites excluding steroid dienone is 4. The van der Waals surface area contributed by atoms with E-state index in [1.54, 1.807) is 7.05 Å². The van der Waals surface area contributed by atoms with Crippen LogP contribution in [0.25, 0.3) is 5.57 Å². The molecule has 0 saturated heterocycles. The van der Waals surface area contributed by atoms with Gasteiger partial charge in [0.2, 0.25) is 0 Å². The third kappa shape index (κ3) is 2.67. The van der Waals surface area contributed by atoms with E-state index in [0.29, 0.717) is 10.6 Å². The lowest BCUT2D eigenvalue weighted by Gasteiger charge is -2.06. The maximum atomic E-state index is 11.4. The molecule has 0 aliphatic heterocycles. The fourth-order valence-corrected chi connectivity index (χ4v) is 3.37. The van der Waals surface area contributed by atoms with E-state index in [1.165, 1.54) is 15.8 Å². The number of rotatable bonds is 3. The topological polar surface area (TPSA) is 49.3 Å². The van der Waals surface area contributed by atoms with Gasteiger partial charge < -0.3 is 10.4 Å². The Morgan fingerprint density at radius 1 is 1.44 bits per heavy atom. The Bertz CT molecular complexity index is 531. The van der Waals surface area contributed by atoms with E-state index in [9.17, 15) is 9.90 Å². The van der Waals surface area contributed by atoms with Gasteiger partial charge in [-0.3, -0.25) is 0 Å². The van der Waals surface area contributed by atoms with Crippen LogP contribution in [0.15, 0.2) is 22.0 Å². The van der Waals surface area contributed by atoms with Crippen LogP contribution >= 0.6 is 27.3 Å². The number of hydrogen-bond acceptors (Lipinski definition) is 3. The highest BCUT2D eigenvalue weighted by molar-refractivity contribution is 9.11. The van der Waals surface area contributed by atoms with Gasteiger partial charge in [0, 0.05) is 18.0 Å². The van der Waals surface area contributed by atoms with E-state index >= 15 is 0 Å². The summed E-state index contributed by atoms with van der Waals surface area (Å²) in [5.74, 6) is -0.871. The minimum atomic E-state index is -0.871. The zero-order chi connectivity index (χ0) is 13.1. The maximum absolute atomic E-state index is 11.4. The Balaban J connectivity index is 2.45. The second-order valence-corrected chi connectivity index (χ2v) is 5.97. The van der Waals surface area contributed by atoms with E-state index in [-0.39, 0.29) is 0 Å². The van der Waals surface area contributed by atoms with Gasteiger partial charge in [-0.2, -0.15) is 0 Å². The number of carboxylic acids is 1. The largest absolute Gasteiger partial charge is 0.478 e. The first-order chi connectivity index (χ1) is 8.63. The lowest BCUT2D eigenvalue weighted by molar-refractivity contribution is 0.0698. The number of halogens is 1. The Morgan fingerprint density at radius 2 is 2.22 bits per heavy atom. The minimum Gasteiger partial charge on any atom is -0.478 e. The first-order valence-electron chi connectivity index (χ1n) is 5.71. The minimum absolute atomic E-state index is 0.389. The number of aromatic carboxylic acids is 1. The van der Waals surface area contributed by atoms with Crippen LogP contribution in [-0.2, 0) is 0 Å². The standard InChI is InChI=1S/C13H14BrNO2S/c1-15-12-11(13(16)17)10(7-18-12)8-3-2-4-9(14)6-5-8/h5-7,15H,2-4H2,1H3,(H,16,17). The van der Waals surface area contributed by atoms with Crippen molar-refractivity contribution in [1.82, 2.24) is 0 Å². The second-order valence-electron chi connectivity index (χ2n) is 4.07. The number of thiophene rings is 1. The Hall–Kier alpha value is -1.07. The Kier molecular flexibility index (Phi) is 4.24. The Labute approximate surface area is 118 Å². The molecule has 96 valence electrons. The summed E-state index contributed by atoms with van der Waals surface area (Å²) in [6, 6.07) is 0. The molecule has 1 aromatic heterocycles. The molecule has 1 aliphatic carbocycles. The van der Waals surface area contributed by atoms with Crippen LogP contribution in [0.5, 0.6) is 0 Å². The first kappa shape index (κ1) is 13.4. The summed E-state index contributed by atoms with van der Waals surface area (Å²) in [6.07, 6.45) is 6.99. The average Bonchev–Trinajstić information content (AvgIpc) is 2.66. The van der Waals surface area contributed by atoms with Gasteiger partial charge in [0.05, 0.1) is 0 Å². The van der Waals surface area contributed by atoms with E-state index in [4.69, 9.17) is 0 Å². The van der Waals surface area contributed by atoms with Crippen molar-refractivity contribution in [2.24, 2.45) is 0 Å². The smallest absolute Gasteiger partial charge is 0.339 e. The van der Waals surface area contributed by atoms with Crippen molar-refractivity contribution < 1.29 is 9.90 Å². The van der Waals surface area contributed by atoms with Crippen LogP contribution in [0.4, 0.5) is 5.00 Å². The summed E-state index contributed by atoms with van der Waals surface area (Å²) >= 11 is 4.94. The molecular weight excluding hydrogens is 314 g/mol. The molecule has 0 saturated carbocycles. The lowest BCUT2D eigenvalue weighted by Crippen LogP contribution is -2.02. The third-order valence-corrected chi connectivity index (χ3v) is 4.56. The highest BCUT2D eigenvalue weighted by Crippen LogP contribution is 2.36. The molecule has 0 spiro atoms. The molecule has 2 rings (SSSR count). The first-order valence-corrected chi connectivity index (χ1v) is 7.39. The van der Waals surface area contributed by atoms with Crippen molar-refractivity contribution in [2.45, 2.75) is 19.3 Å². The highest BCUT2D eigenvalue weighted by atomic mass is 79.9. The van der Waals surface area contributed by atoms with Gasteiger partial charge in [-0.05, 0) is 29.3 Å². The zero-order valence-corrected chi connectivity index (χ0v) is 12.4. The quantitative estimate of drug-likeness (QED) is 0.868. The van der Waals surface area contributed by atoms with E-state index < -0.39 is 5.97 Å². The number of carbonyl (C=O) groups is 1. The summed E-state index contributed by atoms with van der Waals surface area (Å²) in [4.78, 5) is 11.4. The molecule has 0 fully saturated rings. The molecule has 0 aromatic carbocycles. The van der Waals surface area contributed by atoms with Crippen LogP contribution < -0.4 is 5.32 Å². The SMILES string of the molecule is CNc1scc(C2=CC=C(Br)CCC2)c1C(=O)O. The van der Waals surface area contributed by atoms with Crippen molar-refractivity contribution in [3.05, 3.63) is 33.1 Å². The van der Waals surface area contributed by atoms with Crippen molar-refractivity contribution in [3.8, 4) is 0 Å². The van der Waals surface area contributed by atoms with Gasteiger partial charge in [0.15, 0.2) is 0 Å². The van der Waals surface area contributed by atoms with Crippen LogP contribution in [0.1, 0.15) is 35.2 Å². The van der Waals surface area contributed by atoms with Gasteiger partial charge in [0.25, 0.3) is 0 Å². The molecular formula is C13H14BrNO2S. The summed E-state index contributed by atoms with van der Waals surface area (Å²) < 4.78 is 1.17. The number of carboxylic acid groups (broad SMARTS) is 1. The second kappa shape index (κ2) is 5.71. The Morgan fingerprint density at radius 3 is 2.89 bits per heavy atom. The molecule has 5 heteroatoms. The monoisotopic (exact) mass is 327 g/mol. The maximum Gasteiger partial charge on any atom is 0.339 e. The molecule has 2 N–H and O–H groups in total. The molecule has 0 unspecified atom stereocenters. The molecule has 1 heterocycles. The number of anilines is 1. The van der Waals surface area contributed by atoms with Gasteiger partial charge in [-0.15, -0.1) is 11.3 Å². The predicted molar refractivity (Wildman–Crippen MR) is 79.7 cm³/mol. The fraction of sp³-hybridized carbons (Fsp3) is 0.308. The van der Waals surface area contributed by atoms with Crippen LogP contribution in [0.3, 0.4) is 0 Å². The number of hydrogen-bond donors (Lipinski definition) is 2. The van der Waals surface area contributed by atoms with Crippen molar-refractivity contribution in [2.75, 3.05) is 12.4 Å². The van der Waals surface area contributed by atoms with E-state index in [1.807, 2.05) is 17.5 Å². The molecule has 0 radical (unpaired) electrons. The summed E-state index contributed by atoms with van der Waals surface area (Å²) in [5, 5.41) is 14.9. The van der Waals surface area contributed by atoms with E-state index in [2.05, 4.69) is 21.2 Å². The van der Waals surface area contributed by atoms with Crippen LogP contribution in [-0.4, -0.2) is 18.1 Å². The van der Waals surface area contributed by atoms with Crippen molar-refractivity contribution in [1.29, 1.82) is 0 Å². The van der Waals surface area contributed by atoms with Crippen LogP contribution in [0, 0.1) is 0 Å². The molecule has 0 atom stereocenters. The summed E-state index contributed by atoms with van der Waals surface area (Å²) in [7, 11) is 1.75. The lowest BCUT2D eigenvalue weighted by atomic mass is 10.00. The average molecular weight is 328 g/mol. The molecule has 0 amide bonds. The van der Waals surface area contributed by atoms with Gasteiger partial charge in [-0.25, -0.2) is 4.79 Å². The van der Waals surface area contributed by atoms with Gasteiger partial charge in [-0.1, -0.05) is 28.1 Å². The summed E-state index contributed by atoms with van der Waals surface area (Å²) in [5.41, 5.74) is 2.33.